The van der Waals surface area contributed by atoms with Crippen LogP contribution in [-0.4, -0.2) is 17.0 Å². The molecule has 136 valence electrons. The fourth-order valence-corrected chi connectivity index (χ4v) is 8.62. The number of rotatable bonds is 1. The molecule has 2 heteroatoms. The van der Waals surface area contributed by atoms with Crippen LogP contribution in [0, 0.1) is 46.3 Å². The van der Waals surface area contributed by atoms with E-state index in [1.165, 1.54) is 32.1 Å². The van der Waals surface area contributed by atoms with Crippen molar-refractivity contribution in [2.75, 3.05) is 0 Å². The highest BCUT2D eigenvalue weighted by Crippen LogP contribution is 2.68. The third-order valence-corrected chi connectivity index (χ3v) is 9.37. The van der Waals surface area contributed by atoms with Gasteiger partial charge in [0.2, 0.25) is 0 Å². The highest BCUT2D eigenvalue weighted by Gasteiger charge is 2.62. The highest BCUT2D eigenvalue weighted by molar-refractivity contribution is 5.79. The van der Waals surface area contributed by atoms with Crippen LogP contribution in [0.1, 0.15) is 79.1 Å². The van der Waals surface area contributed by atoms with Gasteiger partial charge in [-0.05, 0) is 98.7 Å². The molecular formula is C22H36O2. The summed E-state index contributed by atoms with van der Waals surface area (Å²) >= 11 is 0. The monoisotopic (exact) mass is 332 g/mol. The Balaban J connectivity index is 1.67. The summed E-state index contributed by atoms with van der Waals surface area (Å²) in [5.74, 6) is 4.58. The Morgan fingerprint density at radius 1 is 1.04 bits per heavy atom. The molecule has 4 rings (SSSR count). The zero-order valence-electron chi connectivity index (χ0n) is 16.1. The van der Waals surface area contributed by atoms with Gasteiger partial charge < -0.3 is 5.11 Å². The molecule has 0 aromatic carbocycles. The molecule has 0 spiro atoms. The van der Waals surface area contributed by atoms with Gasteiger partial charge in [-0.25, -0.2) is 0 Å². The maximum atomic E-state index is 12.3. The van der Waals surface area contributed by atoms with Crippen LogP contribution in [0.25, 0.3) is 0 Å². The molecule has 4 saturated carbocycles. The molecule has 0 aliphatic heterocycles. The van der Waals surface area contributed by atoms with Crippen molar-refractivity contribution in [2.45, 2.75) is 85.2 Å². The lowest BCUT2D eigenvalue weighted by Crippen LogP contribution is -2.57. The van der Waals surface area contributed by atoms with Crippen molar-refractivity contribution in [3.63, 3.8) is 0 Å². The Hall–Kier alpha value is -0.370. The van der Waals surface area contributed by atoms with Gasteiger partial charge in [0.25, 0.3) is 0 Å². The van der Waals surface area contributed by atoms with E-state index in [2.05, 4.69) is 20.8 Å². The van der Waals surface area contributed by atoms with Crippen LogP contribution in [0.5, 0.6) is 0 Å². The fraction of sp³-hybridized carbons (Fsp3) is 0.955. The number of fused-ring (bicyclic) bond motifs is 5. The Bertz CT molecular complexity index is 528. The Labute approximate surface area is 147 Å². The molecule has 2 nitrogen and oxygen atoms in total. The molecule has 1 N–H and O–H groups in total. The number of aliphatic hydroxyl groups excluding tert-OH is 1. The second kappa shape index (κ2) is 5.56. The third-order valence-electron chi connectivity index (χ3n) is 9.37. The Morgan fingerprint density at radius 3 is 2.50 bits per heavy atom. The largest absolute Gasteiger partial charge is 0.393 e. The van der Waals surface area contributed by atoms with Gasteiger partial charge in [0.1, 0.15) is 5.78 Å². The molecule has 4 fully saturated rings. The number of carbonyl (C=O) groups is 1. The van der Waals surface area contributed by atoms with Crippen molar-refractivity contribution in [2.24, 2.45) is 46.3 Å². The summed E-state index contributed by atoms with van der Waals surface area (Å²) in [6.45, 7) is 9.31. The third kappa shape index (κ3) is 2.20. The van der Waals surface area contributed by atoms with E-state index >= 15 is 0 Å². The van der Waals surface area contributed by atoms with E-state index < -0.39 is 0 Å². The van der Waals surface area contributed by atoms with E-state index in [1.807, 2.05) is 6.92 Å². The minimum atomic E-state index is -0.0580. The average Bonchev–Trinajstić information content (AvgIpc) is 2.84. The van der Waals surface area contributed by atoms with Crippen molar-refractivity contribution in [1.29, 1.82) is 0 Å². The first-order valence-electron chi connectivity index (χ1n) is 10.5. The molecule has 9 atom stereocenters. The summed E-state index contributed by atoms with van der Waals surface area (Å²) in [6.07, 6.45) is 9.48. The zero-order chi connectivity index (χ0) is 17.3. The van der Waals surface area contributed by atoms with E-state index in [4.69, 9.17) is 0 Å². The first kappa shape index (κ1) is 17.1. The molecule has 4 aliphatic rings. The first-order chi connectivity index (χ1) is 11.3. The first-order valence-corrected chi connectivity index (χ1v) is 10.5. The van der Waals surface area contributed by atoms with Gasteiger partial charge in [-0.2, -0.15) is 0 Å². The number of hydrogen-bond acceptors (Lipinski definition) is 2. The molecule has 0 aromatic rings. The fourth-order valence-electron chi connectivity index (χ4n) is 8.62. The number of Topliss-reactive ketones (excluding diaryl/α,β-unsaturated/α-hetero) is 1. The van der Waals surface area contributed by atoms with Crippen molar-refractivity contribution in [3.05, 3.63) is 0 Å². The Morgan fingerprint density at radius 2 is 1.79 bits per heavy atom. The summed E-state index contributed by atoms with van der Waals surface area (Å²) in [7, 11) is 0. The predicted molar refractivity (Wildman–Crippen MR) is 96.5 cm³/mol. The maximum absolute atomic E-state index is 12.3. The molecule has 0 amide bonds. The van der Waals surface area contributed by atoms with E-state index in [0.717, 1.165) is 48.9 Å². The number of hydrogen-bond donors (Lipinski definition) is 1. The van der Waals surface area contributed by atoms with Gasteiger partial charge in [-0.15, -0.1) is 0 Å². The lowest BCUT2D eigenvalue weighted by molar-refractivity contribution is -0.154. The van der Waals surface area contributed by atoms with E-state index in [9.17, 15) is 9.90 Å². The van der Waals surface area contributed by atoms with Gasteiger partial charge >= 0.3 is 0 Å². The standard InChI is InChI=1S/C22H36O2/c1-13-12-22(4)18(14(2)23)7-8-19(22)17-6-5-15-11-16(24)9-10-21(15,3)20(13)17/h13,15-20,24H,5-12H2,1-4H3/t13-,15-,16+,17-,18+,19-,20-,21-,22+/m0/s1. The zero-order valence-corrected chi connectivity index (χ0v) is 16.1. The van der Waals surface area contributed by atoms with E-state index in [0.29, 0.717) is 17.1 Å². The molecule has 0 unspecified atom stereocenters. The SMILES string of the molecule is CC(=O)[C@H]1CC[C@H]2[C@@H]3CC[C@H]4C[C@H](O)CC[C@]4(C)[C@H]3[C@@H](C)C[C@]12C. The molecular weight excluding hydrogens is 296 g/mol. The van der Waals surface area contributed by atoms with Crippen LogP contribution >= 0.6 is 0 Å². The van der Waals surface area contributed by atoms with Gasteiger partial charge in [0, 0.05) is 5.92 Å². The summed E-state index contributed by atoms with van der Waals surface area (Å²) in [5.41, 5.74) is 0.682. The Kier molecular flexibility index (Phi) is 3.95. The number of carbonyl (C=O) groups excluding carboxylic acids is 1. The van der Waals surface area contributed by atoms with Crippen LogP contribution in [-0.2, 0) is 4.79 Å². The van der Waals surface area contributed by atoms with E-state index in [1.54, 1.807) is 0 Å². The molecule has 0 radical (unpaired) electrons. The smallest absolute Gasteiger partial charge is 0.133 e. The normalized spacial score (nSPS) is 57.0. The quantitative estimate of drug-likeness (QED) is 0.746. The van der Waals surface area contributed by atoms with Crippen molar-refractivity contribution >= 4 is 5.78 Å². The summed E-state index contributed by atoms with van der Waals surface area (Å²) in [6, 6.07) is 0. The lowest BCUT2D eigenvalue weighted by atomic mass is 9.42. The molecule has 0 saturated heterocycles. The topological polar surface area (TPSA) is 37.3 Å². The van der Waals surface area contributed by atoms with Gasteiger partial charge in [0.05, 0.1) is 6.10 Å². The summed E-state index contributed by atoms with van der Waals surface area (Å²) in [4.78, 5) is 12.3. The second-order valence-electron chi connectivity index (χ2n) is 10.4. The molecule has 0 aromatic heterocycles. The molecule has 0 bridgehead atoms. The molecule has 0 heterocycles. The van der Waals surface area contributed by atoms with Gasteiger partial charge in [-0.3, -0.25) is 4.79 Å². The average molecular weight is 333 g/mol. The molecule has 24 heavy (non-hydrogen) atoms. The van der Waals surface area contributed by atoms with Crippen molar-refractivity contribution < 1.29 is 9.90 Å². The number of aliphatic hydroxyl groups is 1. The molecule has 4 aliphatic carbocycles. The van der Waals surface area contributed by atoms with Crippen LogP contribution in [0.3, 0.4) is 0 Å². The number of ketones is 1. The van der Waals surface area contributed by atoms with Gasteiger partial charge in [0.15, 0.2) is 0 Å². The van der Waals surface area contributed by atoms with Crippen LogP contribution in [0.4, 0.5) is 0 Å². The van der Waals surface area contributed by atoms with Gasteiger partial charge in [-0.1, -0.05) is 20.8 Å². The van der Waals surface area contributed by atoms with E-state index in [-0.39, 0.29) is 11.5 Å². The maximum Gasteiger partial charge on any atom is 0.133 e. The summed E-state index contributed by atoms with van der Waals surface area (Å²) < 4.78 is 0. The van der Waals surface area contributed by atoms with Crippen LogP contribution < -0.4 is 0 Å². The second-order valence-corrected chi connectivity index (χ2v) is 10.4. The summed E-state index contributed by atoms with van der Waals surface area (Å²) in [5, 5.41) is 10.2. The van der Waals surface area contributed by atoms with Crippen molar-refractivity contribution in [1.82, 2.24) is 0 Å². The predicted octanol–water partition coefficient (Wildman–Crippen LogP) is 4.84. The minimum Gasteiger partial charge on any atom is -0.393 e. The lowest BCUT2D eigenvalue weighted by Gasteiger charge is -2.63. The van der Waals surface area contributed by atoms with Crippen LogP contribution in [0.2, 0.25) is 0 Å². The van der Waals surface area contributed by atoms with Crippen LogP contribution in [0.15, 0.2) is 0 Å². The highest BCUT2D eigenvalue weighted by atomic mass is 16.3. The van der Waals surface area contributed by atoms with Crippen molar-refractivity contribution in [3.8, 4) is 0 Å². The minimum absolute atomic E-state index is 0.0580.